The van der Waals surface area contributed by atoms with Gasteiger partial charge in [0.2, 0.25) is 0 Å². The van der Waals surface area contributed by atoms with Gasteiger partial charge in [-0.15, -0.1) is 0 Å². The lowest BCUT2D eigenvalue weighted by Gasteiger charge is -2.39. The first-order valence-corrected chi connectivity index (χ1v) is 7.36. The fourth-order valence-corrected chi connectivity index (χ4v) is 2.65. The standard InChI is InChI=1S/C17H17ClN2O2/c1-10-4-6-12(9-13(10)18)20-14-7-5-11(19)8-15(14)22-17(2,3)16(20)21/h4-9H,19H2,1-3H3. The highest BCUT2D eigenvalue weighted by Gasteiger charge is 2.41. The molecule has 0 aromatic heterocycles. The second kappa shape index (κ2) is 4.92. The number of amides is 1. The van der Waals surface area contributed by atoms with E-state index in [1.807, 2.05) is 19.1 Å². The van der Waals surface area contributed by atoms with E-state index < -0.39 is 5.60 Å². The van der Waals surface area contributed by atoms with Crippen LogP contribution in [0.4, 0.5) is 17.1 Å². The number of carbonyl (C=O) groups is 1. The molecule has 22 heavy (non-hydrogen) atoms. The van der Waals surface area contributed by atoms with Crippen LogP contribution in [0.3, 0.4) is 0 Å². The maximum Gasteiger partial charge on any atom is 0.275 e. The summed E-state index contributed by atoms with van der Waals surface area (Å²) in [7, 11) is 0. The predicted molar refractivity (Wildman–Crippen MR) is 88.9 cm³/mol. The molecule has 0 aliphatic carbocycles. The SMILES string of the molecule is Cc1ccc(N2C(=O)C(C)(C)Oc3cc(N)ccc32)cc1Cl. The number of nitrogens with zero attached hydrogens (tertiary/aromatic N) is 1. The van der Waals surface area contributed by atoms with E-state index in [0.717, 1.165) is 5.56 Å². The molecule has 0 spiro atoms. The number of benzene rings is 2. The Balaban J connectivity index is 2.20. The molecule has 1 aliphatic rings. The van der Waals surface area contributed by atoms with Gasteiger partial charge < -0.3 is 10.5 Å². The molecule has 0 unspecified atom stereocenters. The average molecular weight is 317 g/mol. The fourth-order valence-electron chi connectivity index (χ4n) is 2.47. The molecule has 5 heteroatoms. The quantitative estimate of drug-likeness (QED) is 0.807. The van der Waals surface area contributed by atoms with Crippen LogP contribution in [-0.2, 0) is 4.79 Å². The van der Waals surface area contributed by atoms with E-state index in [4.69, 9.17) is 22.1 Å². The topological polar surface area (TPSA) is 55.6 Å². The van der Waals surface area contributed by atoms with Crippen molar-refractivity contribution in [3.8, 4) is 5.75 Å². The lowest BCUT2D eigenvalue weighted by atomic mass is 10.0. The maximum absolute atomic E-state index is 12.8. The predicted octanol–water partition coefficient (Wildman–Crippen LogP) is 4.07. The van der Waals surface area contributed by atoms with Crippen LogP contribution in [0.2, 0.25) is 5.02 Å². The number of halogens is 1. The van der Waals surface area contributed by atoms with E-state index in [1.165, 1.54) is 0 Å². The first-order valence-electron chi connectivity index (χ1n) is 6.99. The molecule has 2 aromatic rings. The highest BCUT2D eigenvalue weighted by atomic mass is 35.5. The van der Waals surface area contributed by atoms with Crippen molar-refractivity contribution in [2.75, 3.05) is 10.6 Å². The molecule has 2 N–H and O–H groups in total. The van der Waals surface area contributed by atoms with Gasteiger partial charge >= 0.3 is 0 Å². The Kier molecular flexibility index (Phi) is 3.29. The molecule has 0 fully saturated rings. The fraction of sp³-hybridized carbons (Fsp3) is 0.235. The minimum Gasteiger partial charge on any atom is -0.476 e. The Labute approximate surface area is 134 Å². The van der Waals surface area contributed by atoms with Crippen LogP contribution in [0.15, 0.2) is 36.4 Å². The summed E-state index contributed by atoms with van der Waals surface area (Å²) in [6.07, 6.45) is 0. The van der Waals surface area contributed by atoms with Crippen molar-refractivity contribution in [3.05, 3.63) is 47.0 Å². The van der Waals surface area contributed by atoms with Gasteiger partial charge in [0.05, 0.1) is 11.4 Å². The van der Waals surface area contributed by atoms with Gasteiger partial charge in [-0.2, -0.15) is 0 Å². The number of nitrogen functional groups attached to an aromatic ring is 1. The van der Waals surface area contributed by atoms with Crippen LogP contribution in [-0.4, -0.2) is 11.5 Å². The summed E-state index contributed by atoms with van der Waals surface area (Å²) >= 11 is 6.21. The molecule has 0 bridgehead atoms. The number of hydrogen-bond donors (Lipinski definition) is 1. The van der Waals surface area contributed by atoms with Gasteiger partial charge in [0.25, 0.3) is 5.91 Å². The highest BCUT2D eigenvalue weighted by Crippen LogP contribution is 2.43. The maximum atomic E-state index is 12.8. The Morgan fingerprint density at radius 3 is 2.59 bits per heavy atom. The van der Waals surface area contributed by atoms with E-state index in [2.05, 4.69) is 0 Å². The van der Waals surface area contributed by atoms with Gasteiger partial charge in [0.1, 0.15) is 5.75 Å². The molecular formula is C17H17ClN2O2. The number of rotatable bonds is 1. The van der Waals surface area contributed by atoms with Crippen LogP contribution >= 0.6 is 11.6 Å². The summed E-state index contributed by atoms with van der Waals surface area (Å²) in [6, 6.07) is 10.8. The van der Waals surface area contributed by atoms with Crippen LogP contribution in [0.5, 0.6) is 5.75 Å². The summed E-state index contributed by atoms with van der Waals surface area (Å²) < 4.78 is 5.81. The largest absolute Gasteiger partial charge is 0.476 e. The van der Waals surface area contributed by atoms with Crippen molar-refractivity contribution < 1.29 is 9.53 Å². The summed E-state index contributed by atoms with van der Waals surface area (Å²) in [5, 5.41) is 0.617. The molecule has 1 aliphatic heterocycles. The third-order valence-electron chi connectivity index (χ3n) is 3.72. The minimum atomic E-state index is -0.974. The lowest BCUT2D eigenvalue weighted by Crippen LogP contribution is -2.50. The van der Waals surface area contributed by atoms with Crippen molar-refractivity contribution in [1.29, 1.82) is 0 Å². The van der Waals surface area contributed by atoms with E-state index in [1.54, 1.807) is 43.0 Å². The number of fused-ring (bicyclic) bond motifs is 1. The average Bonchev–Trinajstić information content (AvgIpc) is 2.43. The van der Waals surface area contributed by atoms with Gasteiger partial charge in [0.15, 0.2) is 5.60 Å². The zero-order valence-electron chi connectivity index (χ0n) is 12.7. The summed E-state index contributed by atoms with van der Waals surface area (Å²) in [5.41, 5.74) is 7.78. The van der Waals surface area contributed by atoms with Gasteiger partial charge in [-0.25, -0.2) is 0 Å². The van der Waals surface area contributed by atoms with Gasteiger partial charge in [-0.05, 0) is 50.6 Å². The molecule has 1 heterocycles. The molecule has 0 atom stereocenters. The van der Waals surface area contributed by atoms with Crippen molar-refractivity contribution >= 4 is 34.6 Å². The zero-order valence-corrected chi connectivity index (χ0v) is 13.4. The molecule has 4 nitrogen and oxygen atoms in total. The number of aryl methyl sites for hydroxylation is 1. The molecule has 114 valence electrons. The summed E-state index contributed by atoms with van der Waals surface area (Å²) in [5.74, 6) is 0.436. The van der Waals surface area contributed by atoms with Crippen LogP contribution in [0.25, 0.3) is 0 Å². The smallest absolute Gasteiger partial charge is 0.275 e. The third kappa shape index (κ3) is 2.29. The summed E-state index contributed by atoms with van der Waals surface area (Å²) in [6.45, 7) is 5.40. The number of carbonyl (C=O) groups excluding carboxylic acids is 1. The third-order valence-corrected chi connectivity index (χ3v) is 4.13. The lowest BCUT2D eigenvalue weighted by molar-refractivity contribution is -0.131. The second-order valence-electron chi connectivity index (χ2n) is 5.91. The number of hydrogen-bond acceptors (Lipinski definition) is 3. The molecule has 1 amide bonds. The van der Waals surface area contributed by atoms with Crippen molar-refractivity contribution in [2.24, 2.45) is 0 Å². The first-order chi connectivity index (χ1) is 10.3. The van der Waals surface area contributed by atoms with E-state index in [-0.39, 0.29) is 5.91 Å². The molecule has 0 saturated heterocycles. The van der Waals surface area contributed by atoms with Crippen molar-refractivity contribution in [3.63, 3.8) is 0 Å². The van der Waals surface area contributed by atoms with Crippen LogP contribution in [0, 0.1) is 6.92 Å². The van der Waals surface area contributed by atoms with E-state index in [0.29, 0.717) is 27.8 Å². The first kappa shape index (κ1) is 14.7. The Bertz CT molecular complexity index is 771. The second-order valence-corrected chi connectivity index (χ2v) is 6.32. The zero-order chi connectivity index (χ0) is 16.1. The summed E-state index contributed by atoms with van der Waals surface area (Å²) in [4.78, 5) is 14.4. The number of anilines is 3. The monoisotopic (exact) mass is 316 g/mol. The molecule has 0 radical (unpaired) electrons. The van der Waals surface area contributed by atoms with Crippen molar-refractivity contribution in [2.45, 2.75) is 26.4 Å². The van der Waals surface area contributed by atoms with Crippen LogP contribution < -0.4 is 15.4 Å². The number of ether oxygens (including phenoxy) is 1. The van der Waals surface area contributed by atoms with Gasteiger partial charge in [-0.1, -0.05) is 17.7 Å². The molecule has 3 rings (SSSR count). The Hall–Kier alpha value is -2.20. The highest BCUT2D eigenvalue weighted by molar-refractivity contribution is 6.31. The minimum absolute atomic E-state index is 0.148. The Morgan fingerprint density at radius 1 is 1.18 bits per heavy atom. The molecule has 0 saturated carbocycles. The van der Waals surface area contributed by atoms with E-state index in [9.17, 15) is 4.79 Å². The van der Waals surface area contributed by atoms with Crippen molar-refractivity contribution in [1.82, 2.24) is 0 Å². The van der Waals surface area contributed by atoms with E-state index >= 15 is 0 Å². The number of nitrogens with two attached hydrogens (primary N) is 1. The molecule has 2 aromatic carbocycles. The molecular weight excluding hydrogens is 300 g/mol. The van der Waals surface area contributed by atoms with Gasteiger partial charge in [0, 0.05) is 16.8 Å². The van der Waals surface area contributed by atoms with Gasteiger partial charge in [-0.3, -0.25) is 9.69 Å². The normalized spacial score (nSPS) is 16.2. The van der Waals surface area contributed by atoms with Crippen LogP contribution in [0.1, 0.15) is 19.4 Å². The Morgan fingerprint density at radius 2 is 1.91 bits per heavy atom.